The molecule has 592 valence electrons. The van der Waals surface area contributed by atoms with Gasteiger partial charge in [0.2, 0.25) is 22.8 Å². The summed E-state index contributed by atoms with van der Waals surface area (Å²) in [7, 11) is 8.58. The van der Waals surface area contributed by atoms with Crippen molar-refractivity contribution < 1.29 is 29.8 Å². The highest BCUT2D eigenvalue weighted by atomic mass is 19.1. The Balaban J connectivity index is 0.000000123. The number of aryl methyl sites for hydroxylation is 7. The van der Waals surface area contributed by atoms with E-state index in [-0.39, 0.29) is 11.6 Å². The minimum absolute atomic E-state index is 0.0828. The number of pyridine rings is 4. The Morgan fingerprint density at radius 3 is 0.991 bits per heavy atom. The van der Waals surface area contributed by atoms with Gasteiger partial charge in [-0.3, -0.25) is 0 Å². The van der Waals surface area contributed by atoms with Gasteiger partial charge in [-0.2, -0.15) is 18.3 Å². The maximum atomic E-state index is 15.0. The maximum absolute atomic E-state index is 15.0. The number of nitrogens with zero attached hydrogens (tertiary/aromatic N) is 4. The fourth-order valence-electron chi connectivity index (χ4n) is 20.4. The molecule has 0 saturated heterocycles. The molecule has 18 rings (SSSR count). The second-order valence-electron chi connectivity index (χ2n) is 35.0. The van der Waals surface area contributed by atoms with Crippen LogP contribution < -0.4 is 18.3 Å². The highest BCUT2D eigenvalue weighted by molar-refractivity contribution is 6.00. The largest absolute Gasteiger partial charge is 0.220 e. The minimum Gasteiger partial charge on any atom is -0.206 e. The molecule has 0 N–H and O–H groups in total. The lowest BCUT2D eigenvalue weighted by Crippen LogP contribution is -2.36. The van der Waals surface area contributed by atoms with Crippen molar-refractivity contribution in [3.63, 3.8) is 0 Å². The lowest BCUT2D eigenvalue weighted by atomic mass is 9.89. The van der Waals surface area contributed by atoms with Crippen LogP contribution >= 0.6 is 0 Å². The van der Waals surface area contributed by atoms with Crippen LogP contribution in [0.15, 0.2) is 194 Å². The summed E-state index contributed by atoms with van der Waals surface area (Å²) in [4.78, 5) is 0. The van der Waals surface area contributed by atoms with Gasteiger partial charge in [0.25, 0.3) is 0 Å². The smallest absolute Gasteiger partial charge is 0.206 e. The SMILES string of the molecule is Cc1cc(-c2c3ccc(C4CCCC4)cc3c(C)c(C)[n+]2C)c(C)c(C)c1F.Cc1cc(-c2ccccc2)ccc1-c1c2ccc(C3CCCC3)cc2c(C)c(C)[n+]1C.Cc1cc(F)c(-c2ccccc2)cc1-c1c2ccc(C3CCCC3)cc2c(C)c(C)[n+]1C.[2H]c1cc([2H])c(C)c(-c2c3ccc(C4CCCC4)cc3c(C)c(C)[n+]2C)c1. The third-order valence-electron chi connectivity index (χ3n) is 28.4. The second-order valence-corrected chi connectivity index (χ2v) is 35.0. The molecule has 0 bridgehead atoms. The predicted octanol–water partition coefficient (Wildman–Crippen LogP) is 27.9. The molecule has 4 heterocycles. The highest BCUT2D eigenvalue weighted by Crippen LogP contribution is 2.45. The molecule has 116 heavy (non-hydrogen) atoms. The molecule has 10 aromatic carbocycles. The third kappa shape index (κ3) is 15.5. The van der Waals surface area contributed by atoms with Crippen LogP contribution in [0.5, 0.6) is 0 Å². The molecule has 0 aliphatic heterocycles. The Morgan fingerprint density at radius 1 is 0.267 bits per heavy atom. The van der Waals surface area contributed by atoms with E-state index in [1.165, 1.54) is 247 Å². The van der Waals surface area contributed by atoms with E-state index in [9.17, 15) is 4.39 Å². The number of rotatable bonds is 10. The van der Waals surface area contributed by atoms with Crippen LogP contribution in [-0.4, -0.2) is 0 Å². The van der Waals surface area contributed by atoms with Crippen LogP contribution in [0.2, 0.25) is 0 Å². The summed E-state index contributed by atoms with van der Waals surface area (Å²) in [5, 5.41) is 10.5. The molecule has 4 aromatic heterocycles. The third-order valence-corrected chi connectivity index (χ3v) is 28.4. The zero-order valence-corrected chi connectivity index (χ0v) is 72.5. The van der Waals surface area contributed by atoms with Gasteiger partial charge in [-0.05, 0) is 293 Å². The molecule has 0 radical (unpaired) electrons. The molecule has 14 aromatic rings. The van der Waals surface area contributed by atoms with E-state index in [2.05, 4.69) is 230 Å². The summed E-state index contributed by atoms with van der Waals surface area (Å²) < 4.78 is 55.0. The van der Waals surface area contributed by atoms with Crippen LogP contribution in [0.1, 0.15) is 230 Å². The van der Waals surface area contributed by atoms with Crippen LogP contribution in [0.4, 0.5) is 8.78 Å². The summed E-state index contributed by atoms with van der Waals surface area (Å²) in [6, 6.07) is 65.9. The molecule has 4 aliphatic rings. The van der Waals surface area contributed by atoms with Gasteiger partial charge >= 0.3 is 0 Å². The minimum atomic E-state index is -0.170. The fraction of sp³-hybridized carbons (Fsp3) is 0.345. The van der Waals surface area contributed by atoms with Gasteiger partial charge in [0, 0.05) is 66.6 Å². The van der Waals surface area contributed by atoms with Crippen LogP contribution in [0.25, 0.3) is 110 Å². The molecule has 4 fully saturated rings. The first kappa shape index (κ1) is 78.2. The Bertz CT molecular complexity index is 6230. The van der Waals surface area contributed by atoms with E-state index in [0.717, 1.165) is 61.8 Å². The van der Waals surface area contributed by atoms with Gasteiger partial charge in [-0.15, -0.1) is 0 Å². The lowest BCUT2D eigenvalue weighted by Gasteiger charge is -2.17. The lowest BCUT2D eigenvalue weighted by molar-refractivity contribution is -0.666. The van der Waals surface area contributed by atoms with Crippen molar-refractivity contribution >= 4 is 43.1 Å². The van der Waals surface area contributed by atoms with Gasteiger partial charge in [-0.25, -0.2) is 8.78 Å². The first-order valence-corrected chi connectivity index (χ1v) is 43.3. The van der Waals surface area contributed by atoms with Gasteiger partial charge in [-0.1, -0.05) is 191 Å². The Hall–Kier alpha value is -10.3. The van der Waals surface area contributed by atoms with Gasteiger partial charge in [0.15, 0.2) is 22.8 Å². The Morgan fingerprint density at radius 2 is 0.612 bits per heavy atom. The van der Waals surface area contributed by atoms with Crippen LogP contribution in [-0.2, 0) is 28.2 Å². The number of halogens is 2. The highest BCUT2D eigenvalue weighted by Gasteiger charge is 2.32. The summed E-state index contributed by atoms with van der Waals surface area (Å²) in [5.41, 5.74) is 35.6. The summed E-state index contributed by atoms with van der Waals surface area (Å²) in [6.07, 6.45) is 21.3. The summed E-state index contributed by atoms with van der Waals surface area (Å²) >= 11 is 0. The number of aromatic nitrogens is 4. The topological polar surface area (TPSA) is 15.5 Å². The average Bonchev–Trinajstić information content (AvgIpc) is 0.896. The summed E-state index contributed by atoms with van der Waals surface area (Å²) in [5.74, 6) is 2.59. The number of hydrogen-bond donors (Lipinski definition) is 0. The molecule has 0 unspecified atom stereocenters. The zero-order valence-electron chi connectivity index (χ0n) is 74.5. The van der Waals surface area contributed by atoms with Crippen molar-refractivity contribution in [2.75, 3.05) is 0 Å². The quantitative estimate of drug-likeness (QED) is 0.121. The van der Waals surface area contributed by atoms with Crippen molar-refractivity contribution in [2.45, 2.75) is 223 Å². The van der Waals surface area contributed by atoms with E-state index < -0.39 is 0 Å². The van der Waals surface area contributed by atoms with E-state index in [1.54, 1.807) is 12.1 Å². The van der Waals surface area contributed by atoms with Crippen molar-refractivity contribution in [3.05, 3.63) is 306 Å². The Labute approximate surface area is 693 Å². The zero-order chi connectivity index (χ0) is 83.4. The van der Waals surface area contributed by atoms with Gasteiger partial charge in [0.05, 0.1) is 35.4 Å². The standard InChI is InChI=1S/C30H31FN.C30H32N.C26H31FN.C24H28N/c1-19-16-29(31)28(23-12-6-5-7-13-23)18-26(19)30-25-15-14-24(22-10-8-9-11-22)17-27(25)20(2)21(3)32(30)4;1-20-18-25(23-10-6-5-7-11-23)14-16-27(20)30-28-17-15-26(24-12-8-9-13-24)19-29(28)21(2)22(3)31(30)4;1-15-13-24(16(2)17(3)25(15)27)26-22-12-11-21(20-9-7-8-10-20)14-23(22)18(4)19(5)28(26)6;1-16-9-5-8-12-21(16)24-22-14-13-20(19-10-6-7-11-19)15-23(22)17(2)18(3)25(24)4/h5-7,12-18,22H,8-11H2,1-4H3;5-7,10-11,14-19,24H,8-9,12-13H2,1-4H3;11-14,20H,7-10H2,1-6H3;5,8-9,12-15,19H,6-7,10-11H2,1-4H3/q4*+1/i;;;8D,9D. The molecular weight excluding hydrogens is 1420 g/mol. The predicted molar refractivity (Wildman–Crippen MR) is 484 cm³/mol. The molecule has 4 aliphatic carbocycles. The van der Waals surface area contributed by atoms with E-state index in [4.69, 9.17) is 2.74 Å². The monoisotopic (exact) mass is 1540 g/mol. The van der Waals surface area contributed by atoms with Crippen LogP contribution in [0.3, 0.4) is 0 Å². The van der Waals surface area contributed by atoms with E-state index in [0.29, 0.717) is 41.0 Å². The van der Waals surface area contributed by atoms with E-state index in [1.807, 2.05) is 83.1 Å². The van der Waals surface area contributed by atoms with Gasteiger partial charge in [0.1, 0.15) is 39.8 Å². The van der Waals surface area contributed by atoms with Crippen molar-refractivity contribution in [3.8, 4) is 67.3 Å². The number of hydrogen-bond acceptors (Lipinski definition) is 0. The molecular formula is C110H122F2N4+4. The van der Waals surface area contributed by atoms with Crippen molar-refractivity contribution in [1.29, 1.82) is 0 Å². The van der Waals surface area contributed by atoms with Gasteiger partial charge < -0.3 is 0 Å². The molecule has 0 amide bonds. The average molecular weight is 1540 g/mol. The maximum Gasteiger partial charge on any atom is 0.220 e. The Kier molecular flexibility index (Phi) is 23.0. The molecule has 0 spiro atoms. The van der Waals surface area contributed by atoms with Crippen molar-refractivity contribution in [1.82, 2.24) is 0 Å². The molecule has 6 heteroatoms. The first-order chi connectivity index (χ1) is 56.7. The normalized spacial score (nSPS) is 15.0. The van der Waals surface area contributed by atoms with E-state index >= 15 is 4.39 Å². The van der Waals surface area contributed by atoms with Crippen LogP contribution in [0, 0.1) is 109 Å². The van der Waals surface area contributed by atoms with Crippen molar-refractivity contribution in [2.24, 2.45) is 28.2 Å². The molecule has 4 saturated carbocycles. The molecule has 4 nitrogen and oxygen atoms in total. The second kappa shape index (κ2) is 34.1. The number of benzene rings is 10. The molecule has 0 atom stereocenters. The number of fused-ring (bicyclic) bond motifs is 4. The fourth-order valence-corrected chi connectivity index (χ4v) is 20.4. The first-order valence-electron chi connectivity index (χ1n) is 44.3. The summed E-state index contributed by atoms with van der Waals surface area (Å²) in [6.45, 7) is 29.8.